The van der Waals surface area contributed by atoms with E-state index in [0.717, 1.165) is 45.8 Å². The number of hydrogen-bond donors (Lipinski definition) is 4. The van der Waals surface area contributed by atoms with E-state index < -0.39 is 151 Å². The molecular weight excluding hydrogens is 1920 g/mol. The van der Waals surface area contributed by atoms with Crippen molar-refractivity contribution in [1.82, 2.24) is 39.5 Å². The number of halogens is 1. The highest BCUT2D eigenvalue weighted by molar-refractivity contribution is 7.91. The van der Waals surface area contributed by atoms with Gasteiger partial charge < -0.3 is 59.2 Å². The van der Waals surface area contributed by atoms with Gasteiger partial charge in [-0.15, -0.1) is 0 Å². The van der Waals surface area contributed by atoms with Crippen molar-refractivity contribution < 1.29 is 133 Å². The Kier molecular flexibility index (Phi) is 37.2. The minimum Gasteiger partial charge on any atom is -0.491 e. The van der Waals surface area contributed by atoms with Gasteiger partial charge in [0.2, 0.25) is 23.6 Å². The van der Waals surface area contributed by atoms with Gasteiger partial charge >= 0.3 is 0 Å². The predicted molar refractivity (Wildman–Crippen MR) is 518 cm³/mol. The molecule has 4 N–H and O–H groups in total. The van der Waals surface area contributed by atoms with Gasteiger partial charge in [0.25, 0.3) is 70.8 Å². The summed E-state index contributed by atoms with van der Waals surface area (Å²) in [5.74, 6) is -8.75. The lowest BCUT2D eigenvalue weighted by Gasteiger charge is -2.26. The van der Waals surface area contributed by atoms with Crippen LogP contribution >= 0.6 is 0 Å². The number of benzene rings is 4. The van der Waals surface area contributed by atoms with Crippen LogP contribution in [-0.4, -0.2) is 247 Å². The number of carbonyl (C=O) groups is 12. The number of amides is 12. The molecule has 0 fully saturated rings. The van der Waals surface area contributed by atoms with Crippen molar-refractivity contribution in [2.24, 2.45) is 23.7 Å². The first-order valence-corrected chi connectivity index (χ1v) is 52.9. The average Bonchev–Trinajstić information content (AvgIpc) is 1.61. The van der Waals surface area contributed by atoms with Gasteiger partial charge in [-0.1, -0.05) is 73.6 Å². The van der Waals surface area contributed by atoms with Gasteiger partial charge in [0, 0.05) is 50.7 Å². The first-order chi connectivity index (χ1) is 66.3. The van der Waals surface area contributed by atoms with Crippen molar-refractivity contribution in [1.29, 1.82) is 0 Å². The molecule has 1 unspecified atom stereocenters. The third-order valence-electron chi connectivity index (χ3n) is 21.2. The molecule has 4 aromatic heterocycles. The summed E-state index contributed by atoms with van der Waals surface area (Å²) in [6.45, 7) is 23.0. The molecule has 0 radical (unpaired) electrons. The normalized spacial score (nSPS) is 14.2. The summed E-state index contributed by atoms with van der Waals surface area (Å²) >= 11 is 0. The summed E-state index contributed by atoms with van der Waals surface area (Å²) in [6, 6.07) is 22.8. The number of nitrogens with zero attached hydrogens (tertiary/aromatic N) is 8. The Morgan fingerprint density at radius 1 is 0.305 bits per heavy atom. The molecule has 0 aliphatic carbocycles. The van der Waals surface area contributed by atoms with Crippen LogP contribution in [0.4, 0.5) is 27.1 Å². The minimum atomic E-state index is -3.76. The quantitative estimate of drug-likeness (QED) is 0.0259. The molecule has 758 valence electrons. The topological polar surface area (TPSA) is 528 Å². The summed E-state index contributed by atoms with van der Waals surface area (Å²) in [7, 11) is -9.01. The van der Waals surface area contributed by atoms with Crippen molar-refractivity contribution in [2.45, 2.75) is 133 Å². The standard InChI is InChI=1S/C24H28FN3O7S.3C24H29N3O7S/c1-6-35-22-18(34-4)10-9-15(27-22)17(12-36(5,32)33)28-23(30)20-14(25)7-8-16(21(20)24(28)31)26-19(29)11-13(2)3;3*1-6-34-22-19(33-4)11-10-16(26-22)18(13-35(5,31)32)27-23(29)15-8-7-9-17(21(15)24(27)30)25-20(28)12-14(2)3/h7-10,13,17H,6,11-12H2,1-5H3,(H,26,29);3*7-11,14,18H,6,12-13H2,1-5H3,(H,25,28)/t17-;2*18-;/m010./s1. The zero-order valence-electron chi connectivity index (χ0n) is 81.6. The summed E-state index contributed by atoms with van der Waals surface area (Å²) < 4.78 is 156. The molecule has 45 heteroatoms. The Hall–Kier alpha value is -14.0. The van der Waals surface area contributed by atoms with Crippen LogP contribution in [0, 0.1) is 29.5 Å². The number of fused-ring (bicyclic) bond motifs is 4. The van der Waals surface area contributed by atoms with Crippen molar-refractivity contribution >= 4 is 133 Å². The molecule has 8 aromatic rings. The Morgan fingerprint density at radius 3 is 0.730 bits per heavy atom. The first kappa shape index (κ1) is 111. The fraction of sp³-hybridized carbons (Fsp3) is 0.417. The summed E-state index contributed by atoms with van der Waals surface area (Å²) in [4.78, 5) is 178. The van der Waals surface area contributed by atoms with Crippen LogP contribution < -0.4 is 59.2 Å². The number of rotatable bonds is 40. The van der Waals surface area contributed by atoms with E-state index in [4.69, 9.17) is 37.9 Å². The van der Waals surface area contributed by atoms with E-state index in [1.807, 2.05) is 55.4 Å². The van der Waals surface area contributed by atoms with E-state index in [0.29, 0.717) is 22.1 Å². The van der Waals surface area contributed by atoms with E-state index in [9.17, 15) is 95.6 Å². The second-order valence-electron chi connectivity index (χ2n) is 34.7. The van der Waals surface area contributed by atoms with E-state index in [-0.39, 0.29) is 207 Å². The van der Waals surface area contributed by atoms with Crippen molar-refractivity contribution in [3.8, 4) is 46.5 Å². The van der Waals surface area contributed by atoms with Crippen LogP contribution in [0.3, 0.4) is 0 Å². The molecule has 0 spiro atoms. The number of ether oxygens (including phenoxy) is 8. The van der Waals surface area contributed by atoms with Crippen LogP contribution in [0.15, 0.2) is 115 Å². The van der Waals surface area contributed by atoms with Crippen LogP contribution in [-0.2, 0) is 58.5 Å². The first-order valence-electron chi connectivity index (χ1n) is 44.6. The second kappa shape index (κ2) is 47.3. The maximum absolute atomic E-state index is 14.8. The number of anilines is 4. The smallest absolute Gasteiger partial charge is 0.265 e. The lowest BCUT2D eigenvalue weighted by atomic mass is 10.1. The highest BCUT2D eigenvalue weighted by Crippen LogP contribution is 2.44. The van der Waals surface area contributed by atoms with Gasteiger partial charge in [0.1, 0.15) is 45.2 Å². The van der Waals surface area contributed by atoms with Gasteiger partial charge in [0.05, 0.1) is 192 Å². The molecule has 12 amide bonds. The van der Waals surface area contributed by atoms with Gasteiger partial charge in [0.15, 0.2) is 23.0 Å². The summed E-state index contributed by atoms with van der Waals surface area (Å²) in [6.07, 6.45) is 4.86. The predicted octanol–water partition coefficient (Wildman–Crippen LogP) is 11.6. The number of methoxy groups -OCH3 is 4. The molecule has 4 aliphatic heterocycles. The van der Waals surface area contributed by atoms with E-state index in [1.165, 1.54) is 101 Å². The number of hydrogen-bond acceptors (Lipinski definition) is 32. The largest absolute Gasteiger partial charge is 0.491 e. The van der Waals surface area contributed by atoms with Crippen molar-refractivity contribution in [2.75, 3.05) is 124 Å². The number of pyridine rings is 4. The van der Waals surface area contributed by atoms with Crippen LogP contribution in [0.2, 0.25) is 0 Å². The van der Waals surface area contributed by atoms with Gasteiger partial charge in [-0.05, 0) is 148 Å². The Morgan fingerprint density at radius 2 is 0.518 bits per heavy atom. The molecule has 0 saturated heterocycles. The molecule has 8 heterocycles. The highest BCUT2D eigenvalue weighted by Gasteiger charge is 2.50. The SMILES string of the molecule is CCOc1nc(C(CS(C)(=O)=O)N2C(=O)c3cccc(NC(=O)CC(C)C)c3C2=O)ccc1OC.CCOc1nc([C@@H](CS(C)(=O)=O)N2C(=O)c3cccc(NC(=O)CC(C)C)c3C2=O)ccc1OC.CCOc1nc([C@H](CS(C)(=O)=O)N2C(=O)c3c(F)ccc(NC(=O)CC(C)C)c3C2=O)ccc1OC.CCOc1nc([C@H](CS(C)(=O)=O)N2C(=O)c3cccc(NC(=O)CC(C)C)c3C2=O)ccc1OC. The third kappa shape index (κ3) is 27.6. The van der Waals surface area contributed by atoms with Crippen molar-refractivity contribution in [3.63, 3.8) is 0 Å². The molecule has 40 nitrogen and oxygen atoms in total. The lowest BCUT2D eigenvalue weighted by Crippen LogP contribution is -2.38. The molecular formula is C96H115FN12O28S4. The number of sulfone groups is 4. The van der Waals surface area contributed by atoms with Gasteiger partial charge in [-0.3, -0.25) is 77.1 Å². The highest BCUT2D eigenvalue weighted by atomic mass is 32.2. The van der Waals surface area contributed by atoms with E-state index >= 15 is 0 Å². The second-order valence-corrected chi connectivity index (χ2v) is 43.4. The molecule has 12 rings (SSSR count). The zero-order valence-corrected chi connectivity index (χ0v) is 84.9. The van der Waals surface area contributed by atoms with Crippen molar-refractivity contribution in [3.05, 3.63) is 188 Å². The minimum absolute atomic E-state index is 0.0200. The fourth-order valence-corrected chi connectivity index (χ4v) is 19.1. The number of aromatic nitrogens is 4. The van der Waals surface area contributed by atoms with E-state index in [2.05, 4.69) is 41.2 Å². The molecule has 141 heavy (non-hydrogen) atoms. The van der Waals surface area contributed by atoms with Crippen LogP contribution in [0.5, 0.6) is 46.5 Å². The molecule has 4 aromatic carbocycles. The summed E-state index contributed by atoms with van der Waals surface area (Å²) in [5, 5.41) is 10.7. The Bertz CT molecular complexity index is 6190. The summed E-state index contributed by atoms with van der Waals surface area (Å²) in [5.41, 5.74) is 0.466. The fourth-order valence-electron chi connectivity index (χ4n) is 15.5. The Labute approximate surface area is 816 Å². The number of nitrogens with one attached hydrogen (secondary N) is 4. The van der Waals surface area contributed by atoms with E-state index in [1.54, 1.807) is 64.1 Å². The maximum Gasteiger partial charge on any atom is 0.265 e. The molecule has 4 aliphatic rings. The van der Waals surface area contributed by atoms with Crippen LogP contribution in [0.25, 0.3) is 0 Å². The monoisotopic (exact) mass is 2030 g/mol. The molecule has 0 bridgehead atoms. The zero-order chi connectivity index (χ0) is 105. The number of imide groups is 4. The van der Waals surface area contributed by atoms with Gasteiger partial charge in [-0.25, -0.2) is 58.0 Å². The lowest BCUT2D eigenvalue weighted by molar-refractivity contribution is -0.117. The third-order valence-corrected chi connectivity index (χ3v) is 24.9. The number of carbonyl (C=O) groups excluding carboxylic acids is 12. The molecule has 0 saturated carbocycles. The maximum atomic E-state index is 14.8. The average molecular weight is 2030 g/mol. The Balaban J connectivity index is 0.000000210. The van der Waals surface area contributed by atoms with Gasteiger partial charge in [-0.2, -0.15) is 0 Å². The molecule has 4 atom stereocenters. The van der Waals surface area contributed by atoms with Crippen LogP contribution in [0.1, 0.15) is 239 Å².